The molecule has 0 aromatic carbocycles. The van der Waals surface area contributed by atoms with E-state index in [1.807, 2.05) is 31.4 Å². The lowest BCUT2D eigenvalue weighted by molar-refractivity contribution is 0.883. The SMILES string of the molecule is CN(CCN)c1cnccc1Nc1cccnc1. The van der Waals surface area contributed by atoms with Crippen molar-refractivity contribution in [1.82, 2.24) is 9.97 Å². The number of anilines is 3. The van der Waals surface area contributed by atoms with E-state index in [1.165, 1.54) is 0 Å². The Kier molecular flexibility index (Phi) is 4.09. The highest BCUT2D eigenvalue weighted by atomic mass is 15.1. The van der Waals surface area contributed by atoms with Gasteiger partial charge in [0.2, 0.25) is 0 Å². The summed E-state index contributed by atoms with van der Waals surface area (Å²) in [5.74, 6) is 0. The fraction of sp³-hybridized carbons (Fsp3) is 0.231. The van der Waals surface area contributed by atoms with Gasteiger partial charge in [-0.05, 0) is 18.2 Å². The van der Waals surface area contributed by atoms with Crippen LogP contribution in [-0.2, 0) is 0 Å². The van der Waals surface area contributed by atoms with Crippen molar-refractivity contribution in [2.24, 2.45) is 5.73 Å². The average molecular weight is 243 g/mol. The largest absolute Gasteiger partial charge is 0.370 e. The van der Waals surface area contributed by atoms with Crippen LogP contribution in [0.3, 0.4) is 0 Å². The number of pyridine rings is 2. The van der Waals surface area contributed by atoms with E-state index in [9.17, 15) is 0 Å². The first-order chi connectivity index (χ1) is 8.81. The number of aromatic nitrogens is 2. The maximum absolute atomic E-state index is 5.58. The lowest BCUT2D eigenvalue weighted by Crippen LogP contribution is -2.25. The molecule has 0 bridgehead atoms. The molecule has 5 nitrogen and oxygen atoms in total. The highest BCUT2D eigenvalue weighted by Gasteiger charge is 2.06. The Morgan fingerprint density at radius 3 is 2.78 bits per heavy atom. The van der Waals surface area contributed by atoms with Crippen molar-refractivity contribution in [3.05, 3.63) is 43.0 Å². The molecule has 18 heavy (non-hydrogen) atoms. The molecule has 5 heteroatoms. The van der Waals surface area contributed by atoms with Crippen molar-refractivity contribution in [3.8, 4) is 0 Å². The molecule has 0 atom stereocenters. The zero-order valence-electron chi connectivity index (χ0n) is 10.4. The van der Waals surface area contributed by atoms with Gasteiger partial charge in [0, 0.05) is 32.5 Å². The van der Waals surface area contributed by atoms with Crippen LogP contribution in [0.4, 0.5) is 17.1 Å². The highest BCUT2D eigenvalue weighted by molar-refractivity contribution is 5.73. The Labute approximate surface area is 107 Å². The Hall–Kier alpha value is -2.14. The Morgan fingerprint density at radius 1 is 1.22 bits per heavy atom. The van der Waals surface area contributed by atoms with Gasteiger partial charge in [-0.15, -0.1) is 0 Å². The van der Waals surface area contributed by atoms with Gasteiger partial charge in [-0.2, -0.15) is 0 Å². The molecule has 3 N–H and O–H groups in total. The molecule has 0 aliphatic rings. The van der Waals surface area contributed by atoms with Gasteiger partial charge in [0.05, 0.1) is 29.5 Å². The highest BCUT2D eigenvalue weighted by Crippen LogP contribution is 2.26. The Bertz CT molecular complexity index is 486. The van der Waals surface area contributed by atoms with Crippen molar-refractivity contribution >= 4 is 17.1 Å². The van der Waals surface area contributed by atoms with Crippen LogP contribution in [0.2, 0.25) is 0 Å². The van der Waals surface area contributed by atoms with E-state index in [-0.39, 0.29) is 0 Å². The normalized spacial score (nSPS) is 10.1. The fourth-order valence-corrected chi connectivity index (χ4v) is 1.70. The van der Waals surface area contributed by atoms with Crippen molar-refractivity contribution in [2.75, 3.05) is 30.4 Å². The van der Waals surface area contributed by atoms with E-state index in [4.69, 9.17) is 5.73 Å². The lowest BCUT2D eigenvalue weighted by Gasteiger charge is -2.21. The summed E-state index contributed by atoms with van der Waals surface area (Å²) in [7, 11) is 2.00. The van der Waals surface area contributed by atoms with Gasteiger partial charge in [0.15, 0.2) is 0 Å². The number of hydrogen-bond acceptors (Lipinski definition) is 5. The molecule has 0 aliphatic carbocycles. The van der Waals surface area contributed by atoms with Crippen LogP contribution in [-0.4, -0.2) is 30.1 Å². The molecule has 0 unspecified atom stereocenters. The van der Waals surface area contributed by atoms with Crippen molar-refractivity contribution in [3.63, 3.8) is 0 Å². The summed E-state index contributed by atoms with van der Waals surface area (Å²) in [5, 5.41) is 3.33. The fourth-order valence-electron chi connectivity index (χ4n) is 1.70. The standard InChI is InChI=1S/C13H17N5/c1-18(8-5-14)13-10-16-7-4-12(13)17-11-3-2-6-15-9-11/h2-4,6-7,9-10H,5,8,14H2,1H3,(H,16,17). The summed E-state index contributed by atoms with van der Waals surface area (Å²) < 4.78 is 0. The van der Waals surface area contributed by atoms with Gasteiger partial charge in [0.1, 0.15) is 0 Å². The Morgan fingerprint density at radius 2 is 2.06 bits per heavy atom. The summed E-state index contributed by atoms with van der Waals surface area (Å²) in [6.07, 6.45) is 7.12. The monoisotopic (exact) mass is 243 g/mol. The molecule has 2 aromatic heterocycles. The summed E-state index contributed by atoms with van der Waals surface area (Å²) in [4.78, 5) is 10.3. The third-order valence-electron chi connectivity index (χ3n) is 2.62. The van der Waals surface area contributed by atoms with Crippen molar-refractivity contribution < 1.29 is 0 Å². The van der Waals surface area contributed by atoms with Crippen molar-refractivity contribution in [1.29, 1.82) is 0 Å². The second-order valence-electron chi connectivity index (χ2n) is 3.97. The minimum atomic E-state index is 0.609. The minimum absolute atomic E-state index is 0.609. The number of likely N-dealkylation sites (N-methyl/N-ethyl adjacent to an activating group) is 1. The average Bonchev–Trinajstić information content (AvgIpc) is 2.41. The summed E-state index contributed by atoms with van der Waals surface area (Å²) in [6, 6.07) is 5.81. The molecule has 2 heterocycles. The van der Waals surface area contributed by atoms with Crippen LogP contribution in [0.25, 0.3) is 0 Å². The van der Waals surface area contributed by atoms with E-state index < -0.39 is 0 Å². The molecular weight excluding hydrogens is 226 g/mol. The molecule has 0 fully saturated rings. The molecule has 2 rings (SSSR count). The van der Waals surface area contributed by atoms with Gasteiger partial charge >= 0.3 is 0 Å². The van der Waals surface area contributed by atoms with E-state index in [2.05, 4.69) is 20.2 Å². The summed E-state index contributed by atoms with van der Waals surface area (Å²) in [5.41, 5.74) is 8.54. The predicted octanol–water partition coefficient (Wildman–Crippen LogP) is 1.62. The number of hydrogen-bond donors (Lipinski definition) is 2. The summed E-state index contributed by atoms with van der Waals surface area (Å²) in [6.45, 7) is 1.39. The molecule has 94 valence electrons. The topological polar surface area (TPSA) is 67.1 Å². The van der Waals surface area contributed by atoms with Gasteiger partial charge in [-0.3, -0.25) is 9.97 Å². The number of nitrogens with zero attached hydrogens (tertiary/aromatic N) is 3. The third-order valence-corrected chi connectivity index (χ3v) is 2.62. The van der Waals surface area contributed by atoms with Crippen LogP contribution in [0.5, 0.6) is 0 Å². The van der Waals surface area contributed by atoms with E-state index in [0.29, 0.717) is 6.54 Å². The maximum atomic E-state index is 5.58. The second kappa shape index (κ2) is 5.97. The van der Waals surface area contributed by atoms with Crippen LogP contribution in [0, 0.1) is 0 Å². The first-order valence-electron chi connectivity index (χ1n) is 5.83. The van der Waals surface area contributed by atoms with Gasteiger partial charge in [-0.25, -0.2) is 0 Å². The maximum Gasteiger partial charge on any atom is 0.0789 e. The van der Waals surface area contributed by atoms with E-state index >= 15 is 0 Å². The van der Waals surface area contributed by atoms with Crippen molar-refractivity contribution in [2.45, 2.75) is 0 Å². The lowest BCUT2D eigenvalue weighted by atomic mass is 10.3. The van der Waals surface area contributed by atoms with E-state index in [1.54, 1.807) is 18.6 Å². The number of rotatable bonds is 5. The third kappa shape index (κ3) is 2.95. The predicted molar refractivity (Wildman–Crippen MR) is 74.1 cm³/mol. The zero-order chi connectivity index (χ0) is 12.8. The van der Waals surface area contributed by atoms with E-state index in [0.717, 1.165) is 23.6 Å². The second-order valence-corrected chi connectivity index (χ2v) is 3.97. The van der Waals surface area contributed by atoms with Gasteiger partial charge in [-0.1, -0.05) is 0 Å². The van der Waals surface area contributed by atoms with Crippen LogP contribution >= 0.6 is 0 Å². The molecule has 0 saturated heterocycles. The van der Waals surface area contributed by atoms with Gasteiger partial charge < -0.3 is 16.0 Å². The molecule has 2 aromatic rings. The minimum Gasteiger partial charge on any atom is -0.370 e. The van der Waals surface area contributed by atoms with Crippen LogP contribution in [0.1, 0.15) is 0 Å². The molecule has 0 radical (unpaired) electrons. The Balaban J connectivity index is 2.22. The molecular formula is C13H17N5. The quantitative estimate of drug-likeness (QED) is 0.835. The molecule has 0 amide bonds. The van der Waals surface area contributed by atoms with Crippen LogP contribution < -0.4 is 16.0 Å². The number of nitrogens with one attached hydrogen (secondary N) is 1. The van der Waals surface area contributed by atoms with Gasteiger partial charge in [0.25, 0.3) is 0 Å². The smallest absolute Gasteiger partial charge is 0.0789 e. The first-order valence-corrected chi connectivity index (χ1v) is 5.83. The summed E-state index contributed by atoms with van der Waals surface area (Å²) >= 11 is 0. The molecule has 0 spiro atoms. The zero-order valence-corrected chi connectivity index (χ0v) is 10.4. The first kappa shape index (κ1) is 12.3. The number of nitrogens with two attached hydrogens (primary N) is 1. The molecule has 0 aliphatic heterocycles. The van der Waals surface area contributed by atoms with Crippen LogP contribution in [0.15, 0.2) is 43.0 Å². The molecule has 0 saturated carbocycles.